The van der Waals surface area contributed by atoms with Gasteiger partial charge < -0.3 is 15.3 Å². The van der Waals surface area contributed by atoms with Gasteiger partial charge in [-0.15, -0.1) is 0 Å². The second-order valence-corrected chi connectivity index (χ2v) is 4.24. The number of aliphatic hydroxyl groups is 1. The molecule has 2 unspecified atom stereocenters. The van der Waals surface area contributed by atoms with Gasteiger partial charge in [0.1, 0.15) is 0 Å². The normalized spacial score (nSPS) is 28.6. The van der Waals surface area contributed by atoms with Gasteiger partial charge in [-0.25, -0.2) is 0 Å². The highest BCUT2D eigenvalue weighted by atomic mass is 16.3. The van der Waals surface area contributed by atoms with Gasteiger partial charge in [-0.05, 0) is 32.9 Å². The fourth-order valence-electron chi connectivity index (χ4n) is 2.00. The zero-order valence-electron chi connectivity index (χ0n) is 8.79. The summed E-state index contributed by atoms with van der Waals surface area (Å²) in [5, 5.41) is 12.6. The number of rotatable bonds is 5. The van der Waals surface area contributed by atoms with E-state index in [1.807, 2.05) is 0 Å². The van der Waals surface area contributed by atoms with Crippen molar-refractivity contribution >= 4 is 0 Å². The quantitative estimate of drug-likeness (QED) is 0.648. The van der Waals surface area contributed by atoms with Crippen LogP contribution in [0.4, 0.5) is 0 Å². The number of hydrogen-bond donors (Lipinski definition) is 2. The van der Waals surface area contributed by atoms with Crippen molar-refractivity contribution < 1.29 is 5.11 Å². The van der Waals surface area contributed by atoms with Crippen LogP contribution in [0.1, 0.15) is 19.3 Å². The Morgan fingerprint density at radius 1 is 1.38 bits per heavy atom. The van der Waals surface area contributed by atoms with Crippen molar-refractivity contribution in [3.8, 4) is 0 Å². The predicted octanol–water partition coefficient (Wildman–Crippen LogP) is 0.299. The van der Waals surface area contributed by atoms with E-state index in [0.717, 1.165) is 13.1 Å². The van der Waals surface area contributed by atoms with E-state index >= 15 is 0 Å². The molecule has 1 aliphatic rings. The number of nitrogens with zero attached hydrogens (tertiary/aromatic N) is 1. The molecule has 0 spiro atoms. The maximum atomic E-state index is 9.09. The van der Waals surface area contributed by atoms with E-state index in [1.54, 1.807) is 0 Å². The van der Waals surface area contributed by atoms with Gasteiger partial charge in [-0.3, -0.25) is 0 Å². The Kier molecular flexibility index (Phi) is 4.70. The summed E-state index contributed by atoms with van der Waals surface area (Å²) in [6, 6.07) is 0.560. The minimum Gasteiger partial charge on any atom is -0.396 e. The van der Waals surface area contributed by atoms with Crippen LogP contribution in [0.5, 0.6) is 0 Å². The third-order valence-electron chi connectivity index (χ3n) is 2.86. The van der Waals surface area contributed by atoms with Gasteiger partial charge in [0.15, 0.2) is 0 Å². The Bertz CT molecular complexity index is 139. The van der Waals surface area contributed by atoms with E-state index in [4.69, 9.17) is 5.11 Å². The molecule has 0 saturated heterocycles. The molecule has 13 heavy (non-hydrogen) atoms. The lowest BCUT2D eigenvalue weighted by molar-refractivity contribution is 0.204. The second-order valence-electron chi connectivity index (χ2n) is 4.24. The summed E-state index contributed by atoms with van der Waals surface area (Å²) in [6.07, 6.45) is 3.69. The molecule has 0 aromatic heterocycles. The molecule has 78 valence electrons. The van der Waals surface area contributed by atoms with E-state index in [0.29, 0.717) is 18.6 Å². The molecular weight excluding hydrogens is 164 g/mol. The SMILES string of the molecule is CN(C)CCNC1CCCC1CO. The molecule has 0 radical (unpaired) electrons. The summed E-state index contributed by atoms with van der Waals surface area (Å²) >= 11 is 0. The summed E-state index contributed by atoms with van der Waals surface area (Å²) in [7, 11) is 4.17. The van der Waals surface area contributed by atoms with Crippen LogP contribution in [-0.4, -0.2) is 49.8 Å². The number of hydrogen-bond acceptors (Lipinski definition) is 3. The standard InChI is InChI=1S/C10H22N2O/c1-12(2)7-6-11-10-5-3-4-9(10)8-13/h9-11,13H,3-8H2,1-2H3. The fourth-order valence-corrected chi connectivity index (χ4v) is 2.00. The maximum Gasteiger partial charge on any atom is 0.0474 e. The average molecular weight is 186 g/mol. The third-order valence-corrected chi connectivity index (χ3v) is 2.86. The van der Waals surface area contributed by atoms with Crippen molar-refractivity contribution in [2.24, 2.45) is 5.92 Å². The van der Waals surface area contributed by atoms with Gasteiger partial charge in [-0.2, -0.15) is 0 Å². The molecular formula is C10H22N2O. The van der Waals surface area contributed by atoms with Crippen molar-refractivity contribution in [1.82, 2.24) is 10.2 Å². The molecule has 0 bridgehead atoms. The van der Waals surface area contributed by atoms with Crippen LogP contribution in [-0.2, 0) is 0 Å². The van der Waals surface area contributed by atoms with Gasteiger partial charge in [0.05, 0.1) is 0 Å². The average Bonchev–Trinajstić information content (AvgIpc) is 2.51. The van der Waals surface area contributed by atoms with E-state index in [2.05, 4.69) is 24.3 Å². The Hall–Kier alpha value is -0.120. The van der Waals surface area contributed by atoms with Crippen molar-refractivity contribution in [3.05, 3.63) is 0 Å². The first-order valence-electron chi connectivity index (χ1n) is 5.23. The lowest BCUT2D eigenvalue weighted by atomic mass is 10.1. The number of likely N-dealkylation sites (N-methyl/N-ethyl adjacent to an activating group) is 1. The summed E-state index contributed by atoms with van der Waals surface area (Å²) in [4.78, 5) is 2.18. The van der Waals surface area contributed by atoms with Gasteiger partial charge in [0.25, 0.3) is 0 Å². The van der Waals surface area contributed by atoms with Crippen molar-refractivity contribution in [2.45, 2.75) is 25.3 Å². The molecule has 2 N–H and O–H groups in total. The Morgan fingerprint density at radius 3 is 2.77 bits per heavy atom. The summed E-state index contributed by atoms with van der Waals surface area (Å²) in [5.74, 6) is 0.502. The molecule has 0 amide bonds. The van der Waals surface area contributed by atoms with Gasteiger partial charge >= 0.3 is 0 Å². The first kappa shape index (κ1) is 11.0. The van der Waals surface area contributed by atoms with E-state index in [1.165, 1.54) is 19.3 Å². The van der Waals surface area contributed by atoms with Crippen LogP contribution < -0.4 is 5.32 Å². The molecule has 0 heterocycles. The number of nitrogens with one attached hydrogen (secondary N) is 1. The lowest BCUT2D eigenvalue weighted by Crippen LogP contribution is -2.38. The van der Waals surface area contributed by atoms with Crippen LogP contribution in [0.2, 0.25) is 0 Å². The van der Waals surface area contributed by atoms with Crippen LogP contribution in [0, 0.1) is 5.92 Å². The Morgan fingerprint density at radius 2 is 2.15 bits per heavy atom. The van der Waals surface area contributed by atoms with E-state index in [-0.39, 0.29) is 0 Å². The highest BCUT2D eigenvalue weighted by molar-refractivity contribution is 4.82. The van der Waals surface area contributed by atoms with Crippen molar-refractivity contribution in [3.63, 3.8) is 0 Å². The highest BCUT2D eigenvalue weighted by Crippen LogP contribution is 2.24. The molecule has 2 atom stereocenters. The summed E-state index contributed by atoms with van der Waals surface area (Å²) in [5.41, 5.74) is 0. The largest absolute Gasteiger partial charge is 0.396 e. The van der Waals surface area contributed by atoms with E-state index < -0.39 is 0 Å². The molecule has 1 rings (SSSR count). The zero-order valence-corrected chi connectivity index (χ0v) is 8.79. The summed E-state index contributed by atoms with van der Waals surface area (Å²) in [6.45, 7) is 2.46. The third kappa shape index (κ3) is 3.63. The molecule has 0 aromatic rings. The molecule has 1 saturated carbocycles. The monoisotopic (exact) mass is 186 g/mol. The molecule has 0 aromatic carbocycles. The number of aliphatic hydroxyl groups excluding tert-OH is 1. The van der Waals surface area contributed by atoms with Gasteiger partial charge in [0.2, 0.25) is 0 Å². The van der Waals surface area contributed by atoms with Crippen LogP contribution in [0.15, 0.2) is 0 Å². The maximum absolute atomic E-state index is 9.09. The highest BCUT2D eigenvalue weighted by Gasteiger charge is 2.25. The smallest absolute Gasteiger partial charge is 0.0474 e. The van der Waals surface area contributed by atoms with E-state index in [9.17, 15) is 0 Å². The zero-order chi connectivity index (χ0) is 9.68. The first-order valence-corrected chi connectivity index (χ1v) is 5.23. The van der Waals surface area contributed by atoms with Crippen LogP contribution in [0.3, 0.4) is 0 Å². The topological polar surface area (TPSA) is 35.5 Å². The van der Waals surface area contributed by atoms with Gasteiger partial charge in [0, 0.05) is 25.7 Å². The molecule has 0 aliphatic heterocycles. The Balaban J connectivity index is 2.13. The molecule has 3 heteroatoms. The first-order chi connectivity index (χ1) is 6.24. The van der Waals surface area contributed by atoms with Crippen LogP contribution >= 0.6 is 0 Å². The van der Waals surface area contributed by atoms with Gasteiger partial charge in [-0.1, -0.05) is 6.42 Å². The molecule has 3 nitrogen and oxygen atoms in total. The Labute approximate surface area is 81.1 Å². The van der Waals surface area contributed by atoms with Crippen molar-refractivity contribution in [2.75, 3.05) is 33.8 Å². The minimum atomic E-state index is 0.347. The minimum absolute atomic E-state index is 0.347. The van der Waals surface area contributed by atoms with Crippen LogP contribution in [0.25, 0.3) is 0 Å². The predicted molar refractivity (Wildman–Crippen MR) is 54.8 cm³/mol. The molecule has 1 fully saturated rings. The summed E-state index contributed by atoms with van der Waals surface area (Å²) < 4.78 is 0. The van der Waals surface area contributed by atoms with Crippen molar-refractivity contribution in [1.29, 1.82) is 0 Å². The molecule has 1 aliphatic carbocycles. The second kappa shape index (κ2) is 5.58. The lowest BCUT2D eigenvalue weighted by Gasteiger charge is -2.20. The fraction of sp³-hybridized carbons (Fsp3) is 1.00.